The van der Waals surface area contributed by atoms with E-state index in [-0.39, 0.29) is 11.2 Å². The fourth-order valence-electron chi connectivity index (χ4n) is 3.01. The van der Waals surface area contributed by atoms with Crippen LogP contribution in [-0.4, -0.2) is 39.1 Å². The second-order valence-corrected chi connectivity index (χ2v) is 7.42. The molecule has 1 aromatic heterocycles. The molecule has 5 heteroatoms. The molecule has 4 nitrogen and oxygen atoms in total. The number of hydrogen-bond acceptors (Lipinski definition) is 4. The van der Waals surface area contributed by atoms with Crippen molar-refractivity contribution in [1.29, 1.82) is 0 Å². The number of thioether (sulfide) groups is 1. The molecular formula is C18H23N3OS. The molecule has 0 unspecified atom stereocenters. The Kier molecular flexibility index (Phi) is 5.16. The number of fused-ring (bicyclic) bond motifs is 1. The summed E-state index contributed by atoms with van der Waals surface area (Å²) >= 11 is 1.55. The van der Waals surface area contributed by atoms with Gasteiger partial charge in [-0.2, -0.15) is 0 Å². The number of aromatic nitrogens is 2. The minimum Gasteiger partial charge on any atom is -0.342 e. The third-order valence-corrected chi connectivity index (χ3v) is 5.32. The van der Waals surface area contributed by atoms with Gasteiger partial charge in [-0.1, -0.05) is 42.8 Å². The first-order valence-corrected chi connectivity index (χ1v) is 9.22. The van der Waals surface area contributed by atoms with Crippen molar-refractivity contribution in [3.8, 4) is 0 Å². The van der Waals surface area contributed by atoms with E-state index in [1.165, 1.54) is 12.8 Å². The van der Waals surface area contributed by atoms with Crippen LogP contribution in [0.5, 0.6) is 0 Å². The number of carbonyl (C=O) groups is 1. The highest BCUT2D eigenvalue weighted by molar-refractivity contribution is 8.00. The van der Waals surface area contributed by atoms with Gasteiger partial charge in [-0.15, -0.1) is 0 Å². The number of carbonyl (C=O) groups excluding carboxylic acids is 1. The molecule has 1 atom stereocenters. The molecule has 3 rings (SSSR count). The zero-order chi connectivity index (χ0) is 16.2. The summed E-state index contributed by atoms with van der Waals surface area (Å²) < 4.78 is 0. The van der Waals surface area contributed by atoms with Crippen molar-refractivity contribution in [2.24, 2.45) is 0 Å². The summed E-state index contributed by atoms with van der Waals surface area (Å²) in [5.74, 6) is 0.984. The molecule has 1 aliphatic heterocycles. The zero-order valence-electron chi connectivity index (χ0n) is 13.8. The minimum absolute atomic E-state index is 0.120. The van der Waals surface area contributed by atoms with Gasteiger partial charge in [0.2, 0.25) is 5.91 Å². The van der Waals surface area contributed by atoms with Gasteiger partial charge in [0.05, 0.1) is 10.8 Å². The number of amides is 1. The van der Waals surface area contributed by atoms with Crippen LogP contribution < -0.4 is 0 Å². The summed E-state index contributed by atoms with van der Waals surface area (Å²) in [4.78, 5) is 23.8. The molecule has 0 radical (unpaired) electrons. The van der Waals surface area contributed by atoms with E-state index in [2.05, 4.69) is 9.97 Å². The highest BCUT2D eigenvalue weighted by Crippen LogP contribution is 2.29. The van der Waals surface area contributed by atoms with E-state index < -0.39 is 0 Å². The Bertz CT molecular complexity index is 696. The van der Waals surface area contributed by atoms with Crippen molar-refractivity contribution < 1.29 is 4.79 Å². The van der Waals surface area contributed by atoms with Gasteiger partial charge in [-0.05, 0) is 32.8 Å². The molecule has 23 heavy (non-hydrogen) atoms. The molecule has 0 aliphatic carbocycles. The molecule has 2 aromatic rings. The number of hydrogen-bond donors (Lipinski definition) is 0. The van der Waals surface area contributed by atoms with Crippen molar-refractivity contribution in [2.75, 3.05) is 13.1 Å². The second-order valence-electron chi connectivity index (χ2n) is 6.09. The van der Waals surface area contributed by atoms with Crippen molar-refractivity contribution >= 4 is 28.6 Å². The lowest BCUT2D eigenvalue weighted by Crippen LogP contribution is -2.37. The number of benzene rings is 1. The Labute approximate surface area is 141 Å². The van der Waals surface area contributed by atoms with Crippen molar-refractivity contribution in [1.82, 2.24) is 14.9 Å². The monoisotopic (exact) mass is 329 g/mol. The molecule has 122 valence electrons. The van der Waals surface area contributed by atoms with Crippen LogP contribution in [0.15, 0.2) is 29.3 Å². The number of rotatable bonds is 3. The van der Waals surface area contributed by atoms with Crippen molar-refractivity contribution in [3.63, 3.8) is 0 Å². The quantitative estimate of drug-likeness (QED) is 0.634. The molecule has 1 amide bonds. The van der Waals surface area contributed by atoms with Gasteiger partial charge in [-0.3, -0.25) is 4.79 Å². The van der Waals surface area contributed by atoms with Gasteiger partial charge in [-0.25, -0.2) is 9.97 Å². The predicted molar refractivity (Wildman–Crippen MR) is 94.6 cm³/mol. The van der Waals surface area contributed by atoms with Gasteiger partial charge in [0, 0.05) is 18.5 Å². The summed E-state index contributed by atoms with van der Waals surface area (Å²) in [7, 11) is 0. The number of likely N-dealkylation sites (tertiary alicyclic amines) is 1. The van der Waals surface area contributed by atoms with Crippen LogP contribution in [0.2, 0.25) is 0 Å². The number of nitrogens with zero attached hydrogens (tertiary/aromatic N) is 3. The Morgan fingerprint density at radius 3 is 2.57 bits per heavy atom. The summed E-state index contributed by atoms with van der Waals surface area (Å²) in [6, 6.07) is 8.00. The van der Waals surface area contributed by atoms with Gasteiger partial charge in [0.1, 0.15) is 10.9 Å². The maximum absolute atomic E-state index is 12.7. The van der Waals surface area contributed by atoms with E-state index >= 15 is 0 Å². The predicted octanol–water partition coefficient (Wildman–Crippen LogP) is 3.82. The molecule has 1 saturated heterocycles. The van der Waals surface area contributed by atoms with Crippen LogP contribution in [0.1, 0.15) is 38.4 Å². The third-order valence-electron chi connectivity index (χ3n) is 4.23. The second kappa shape index (κ2) is 7.30. The molecule has 0 N–H and O–H groups in total. The average molecular weight is 329 g/mol. The van der Waals surface area contributed by atoms with Gasteiger partial charge >= 0.3 is 0 Å². The van der Waals surface area contributed by atoms with Crippen LogP contribution in [-0.2, 0) is 4.79 Å². The lowest BCUT2D eigenvalue weighted by molar-refractivity contribution is -0.130. The lowest BCUT2D eigenvalue weighted by atomic mass is 10.2. The first-order chi connectivity index (χ1) is 11.1. The number of para-hydroxylation sites is 1. The zero-order valence-corrected chi connectivity index (χ0v) is 14.6. The maximum Gasteiger partial charge on any atom is 0.235 e. The Morgan fingerprint density at radius 1 is 1.13 bits per heavy atom. The molecular weight excluding hydrogens is 306 g/mol. The molecule has 0 saturated carbocycles. The van der Waals surface area contributed by atoms with Crippen molar-refractivity contribution in [3.05, 3.63) is 30.1 Å². The molecule has 1 fully saturated rings. The molecule has 1 aromatic carbocycles. The first-order valence-electron chi connectivity index (χ1n) is 8.34. The lowest BCUT2D eigenvalue weighted by Gasteiger charge is -2.23. The highest BCUT2D eigenvalue weighted by atomic mass is 32.2. The van der Waals surface area contributed by atoms with E-state index in [0.29, 0.717) is 0 Å². The molecule has 1 aliphatic rings. The largest absolute Gasteiger partial charge is 0.342 e. The standard InChI is InChI=1S/C18H23N3OS/c1-13(18(22)21-11-7-3-4-8-12-21)23-17-15-9-5-6-10-16(15)19-14(2)20-17/h5-6,9-10,13H,3-4,7-8,11-12H2,1-2H3/t13-/m0/s1. The van der Waals surface area contributed by atoms with Gasteiger partial charge in [0.15, 0.2) is 0 Å². The Morgan fingerprint density at radius 2 is 1.83 bits per heavy atom. The molecule has 0 spiro atoms. The Hall–Kier alpha value is -1.62. The summed E-state index contributed by atoms with van der Waals surface area (Å²) in [5, 5.41) is 1.81. The number of aryl methyl sites for hydroxylation is 1. The molecule has 0 bridgehead atoms. The SMILES string of the molecule is Cc1nc(S[C@@H](C)C(=O)N2CCCCCC2)c2ccccc2n1. The normalized spacial score (nSPS) is 17.0. The van der Waals surface area contributed by atoms with E-state index in [1.807, 2.05) is 43.0 Å². The van der Waals surface area contributed by atoms with E-state index in [4.69, 9.17) is 0 Å². The summed E-state index contributed by atoms with van der Waals surface area (Å²) in [6.07, 6.45) is 4.72. The van der Waals surface area contributed by atoms with Crippen LogP contribution >= 0.6 is 11.8 Å². The average Bonchev–Trinajstić information content (AvgIpc) is 2.83. The van der Waals surface area contributed by atoms with Crippen LogP contribution in [0.3, 0.4) is 0 Å². The maximum atomic E-state index is 12.7. The third kappa shape index (κ3) is 3.83. The van der Waals surface area contributed by atoms with Crippen LogP contribution in [0, 0.1) is 6.92 Å². The Balaban J connectivity index is 1.79. The fraction of sp³-hybridized carbons (Fsp3) is 0.500. The topological polar surface area (TPSA) is 46.1 Å². The first kappa shape index (κ1) is 16.2. The summed E-state index contributed by atoms with van der Waals surface area (Å²) in [5.41, 5.74) is 0.942. The smallest absolute Gasteiger partial charge is 0.235 e. The van der Waals surface area contributed by atoms with E-state index in [9.17, 15) is 4.79 Å². The van der Waals surface area contributed by atoms with Gasteiger partial charge in [0.25, 0.3) is 0 Å². The van der Waals surface area contributed by atoms with Gasteiger partial charge < -0.3 is 4.90 Å². The van der Waals surface area contributed by atoms with Crippen LogP contribution in [0.25, 0.3) is 10.9 Å². The van der Waals surface area contributed by atoms with Crippen LogP contribution in [0.4, 0.5) is 0 Å². The minimum atomic E-state index is -0.120. The summed E-state index contributed by atoms with van der Waals surface area (Å²) in [6.45, 7) is 5.68. The fourth-order valence-corrected chi connectivity index (χ4v) is 4.08. The van der Waals surface area contributed by atoms with Crippen molar-refractivity contribution in [2.45, 2.75) is 49.8 Å². The molecule has 2 heterocycles. The highest BCUT2D eigenvalue weighted by Gasteiger charge is 2.23. The van der Waals surface area contributed by atoms with E-state index in [0.717, 1.165) is 47.7 Å². The van der Waals surface area contributed by atoms with E-state index in [1.54, 1.807) is 11.8 Å².